The number of likely N-dealkylation sites (tertiary alicyclic amines) is 1. The van der Waals surface area contributed by atoms with Crippen LogP contribution in [-0.4, -0.2) is 38.6 Å². The van der Waals surface area contributed by atoms with E-state index >= 15 is 0 Å². The molecule has 2 aromatic carbocycles. The van der Waals surface area contributed by atoms with Gasteiger partial charge in [0.25, 0.3) is 0 Å². The lowest BCUT2D eigenvalue weighted by Gasteiger charge is -2.16. The number of anilines is 1. The summed E-state index contributed by atoms with van der Waals surface area (Å²) in [7, 11) is 1.76. The van der Waals surface area contributed by atoms with E-state index in [1.54, 1.807) is 53.2 Å². The fourth-order valence-electron chi connectivity index (χ4n) is 3.57. The van der Waals surface area contributed by atoms with Gasteiger partial charge in [-0.05, 0) is 29.8 Å². The standard InChI is InChI=1S/C23H22N4O3/c1-26-12-11-24-22(26)21(29)17-7-9-19(10-8-17)25-23(30)18-13-20(28)27(15-18)14-16-5-3-2-4-6-16/h2-12,18H,13-15H2,1H3,(H,25,30)/t18-/m0/s1. The monoisotopic (exact) mass is 402 g/mol. The largest absolute Gasteiger partial charge is 0.338 e. The summed E-state index contributed by atoms with van der Waals surface area (Å²) in [4.78, 5) is 43.2. The van der Waals surface area contributed by atoms with E-state index in [0.29, 0.717) is 30.2 Å². The Kier molecular flexibility index (Phi) is 5.43. The normalized spacial score (nSPS) is 16.0. The summed E-state index contributed by atoms with van der Waals surface area (Å²) >= 11 is 0. The summed E-state index contributed by atoms with van der Waals surface area (Å²) in [5, 5.41) is 2.85. The van der Waals surface area contributed by atoms with Crippen LogP contribution in [0.2, 0.25) is 0 Å². The first-order valence-corrected chi connectivity index (χ1v) is 9.76. The number of aromatic nitrogens is 2. The Morgan fingerprint density at radius 1 is 1.10 bits per heavy atom. The van der Waals surface area contributed by atoms with E-state index in [4.69, 9.17) is 0 Å². The molecule has 0 unspecified atom stereocenters. The van der Waals surface area contributed by atoms with E-state index in [1.807, 2.05) is 30.3 Å². The van der Waals surface area contributed by atoms with Crippen LogP contribution in [0.4, 0.5) is 5.69 Å². The molecule has 1 saturated heterocycles. The Morgan fingerprint density at radius 3 is 2.50 bits per heavy atom. The number of rotatable bonds is 6. The van der Waals surface area contributed by atoms with Gasteiger partial charge in [-0.2, -0.15) is 0 Å². The predicted octanol–water partition coefficient (Wildman–Crippen LogP) is 2.64. The lowest BCUT2D eigenvalue weighted by Crippen LogP contribution is -2.28. The van der Waals surface area contributed by atoms with Crippen molar-refractivity contribution in [1.29, 1.82) is 0 Å². The molecule has 0 bridgehead atoms. The fourth-order valence-corrected chi connectivity index (χ4v) is 3.57. The molecule has 0 saturated carbocycles. The highest BCUT2D eigenvalue weighted by Gasteiger charge is 2.34. The number of hydrogen-bond donors (Lipinski definition) is 1. The maximum absolute atomic E-state index is 12.6. The summed E-state index contributed by atoms with van der Waals surface area (Å²) < 4.78 is 1.66. The number of amides is 2. The zero-order valence-corrected chi connectivity index (χ0v) is 16.6. The van der Waals surface area contributed by atoms with Gasteiger partial charge in [0.15, 0.2) is 5.82 Å². The quantitative estimate of drug-likeness (QED) is 0.643. The second-order valence-corrected chi connectivity index (χ2v) is 7.42. The summed E-state index contributed by atoms with van der Waals surface area (Å²) in [6.07, 6.45) is 3.49. The van der Waals surface area contributed by atoms with Crippen LogP contribution in [0.5, 0.6) is 0 Å². The summed E-state index contributed by atoms with van der Waals surface area (Å²) in [5.41, 5.74) is 2.12. The molecule has 7 heteroatoms. The average molecular weight is 402 g/mol. The molecule has 1 fully saturated rings. The van der Waals surface area contributed by atoms with Gasteiger partial charge in [0.1, 0.15) is 0 Å². The molecule has 2 heterocycles. The summed E-state index contributed by atoms with van der Waals surface area (Å²) in [6.45, 7) is 0.905. The predicted molar refractivity (Wildman–Crippen MR) is 112 cm³/mol. The van der Waals surface area contributed by atoms with Gasteiger partial charge in [-0.15, -0.1) is 0 Å². The molecule has 0 spiro atoms. The van der Waals surface area contributed by atoms with Crippen molar-refractivity contribution in [2.75, 3.05) is 11.9 Å². The maximum atomic E-state index is 12.6. The first-order chi connectivity index (χ1) is 14.5. The molecule has 4 rings (SSSR count). The van der Waals surface area contributed by atoms with Crippen molar-refractivity contribution in [1.82, 2.24) is 14.5 Å². The maximum Gasteiger partial charge on any atom is 0.229 e. The fraction of sp³-hybridized carbons (Fsp3) is 0.217. The number of nitrogens with zero attached hydrogens (tertiary/aromatic N) is 3. The summed E-state index contributed by atoms with van der Waals surface area (Å²) in [5.74, 6) is -0.430. The number of ketones is 1. The van der Waals surface area contributed by atoms with Crippen molar-refractivity contribution >= 4 is 23.3 Å². The topological polar surface area (TPSA) is 84.3 Å². The van der Waals surface area contributed by atoms with E-state index < -0.39 is 5.92 Å². The van der Waals surface area contributed by atoms with Crippen molar-refractivity contribution in [3.63, 3.8) is 0 Å². The average Bonchev–Trinajstić information content (AvgIpc) is 3.34. The zero-order chi connectivity index (χ0) is 21.1. The molecule has 152 valence electrons. The molecule has 0 radical (unpaired) electrons. The number of carbonyl (C=O) groups is 3. The Hall–Kier alpha value is -3.74. The lowest BCUT2D eigenvalue weighted by molar-refractivity contribution is -0.128. The number of imidazole rings is 1. The highest BCUT2D eigenvalue weighted by Crippen LogP contribution is 2.22. The molecule has 1 atom stereocenters. The van der Waals surface area contributed by atoms with Crippen LogP contribution >= 0.6 is 0 Å². The summed E-state index contributed by atoms with van der Waals surface area (Å²) in [6, 6.07) is 16.4. The van der Waals surface area contributed by atoms with Gasteiger partial charge >= 0.3 is 0 Å². The van der Waals surface area contributed by atoms with Crippen molar-refractivity contribution in [2.45, 2.75) is 13.0 Å². The van der Waals surface area contributed by atoms with Crippen LogP contribution in [0.25, 0.3) is 0 Å². The van der Waals surface area contributed by atoms with Crippen LogP contribution in [-0.2, 0) is 23.2 Å². The first-order valence-electron chi connectivity index (χ1n) is 9.76. The minimum absolute atomic E-state index is 0.0185. The zero-order valence-electron chi connectivity index (χ0n) is 16.6. The minimum atomic E-state index is -0.393. The van der Waals surface area contributed by atoms with Crippen LogP contribution in [0.3, 0.4) is 0 Å². The third-order valence-corrected chi connectivity index (χ3v) is 5.24. The Balaban J connectivity index is 1.36. The Bertz CT molecular complexity index is 1070. The van der Waals surface area contributed by atoms with Crippen LogP contribution in [0.15, 0.2) is 67.0 Å². The number of aryl methyl sites for hydroxylation is 1. The smallest absolute Gasteiger partial charge is 0.229 e. The molecule has 1 aliphatic heterocycles. The van der Waals surface area contributed by atoms with E-state index in [0.717, 1.165) is 5.56 Å². The van der Waals surface area contributed by atoms with Crippen molar-refractivity contribution in [3.8, 4) is 0 Å². The molecule has 1 aromatic heterocycles. The molecule has 2 amide bonds. The van der Waals surface area contributed by atoms with Crippen LogP contribution < -0.4 is 5.32 Å². The van der Waals surface area contributed by atoms with Gasteiger partial charge in [0.05, 0.1) is 5.92 Å². The second-order valence-electron chi connectivity index (χ2n) is 7.42. The first kappa shape index (κ1) is 19.6. The molecule has 0 aliphatic carbocycles. The Labute approximate surface area is 174 Å². The number of hydrogen-bond acceptors (Lipinski definition) is 4. The molecular weight excluding hydrogens is 380 g/mol. The minimum Gasteiger partial charge on any atom is -0.338 e. The van der Waals surface area contributed by atoms with Gasteiger partial charge in [-0.3, -0.25) is 14.4 Å². The molecule has 1 N–H and O–H groups in total. The van der Waals surface area contributed by atoms with Gasteiger partial charge in [-0.25, -0.2) is 4.98 Å². The molecule has 1 aliphatic rings. The van der Waals surface area contributed by atoms with E-state index in [-0.39, 0.29) is 24.0 Å². The van der Waals surface area contributed by atoms with E-state index in [9.17, 15) is 14.4 Å². The van der Waals surface area contributed by atoms with Crippen molar-refractivity contribution in [2.24, 2.45) is 13.0 Å². The van der Waals surface area contributed by atoms with Crippen LogP contribution in [0, 0.1) is 5.92 Å². The highest BCUT2D eigenvalue weighted by atomic mass is 16.2. The highest BCUT2D eigenvalue weighted by molar-refractivity contribution is 6.07. The van der Waals surface area contributed by atoms with Gasteiger partial charge in [-0.1, -0.05) is 30.3 Å². The lowest BCUT2D eigenvalue weighted by atomic mass is 10.1. The van der Waals surface area contributed by atoms with Crippen LogP contribution in [0.1, 0.15) is 28.2 Å². The Morgan fingerprint density at radius 2 is 1.83 bits per heavy atom. The number of benzene rings is 2. The molecular formula is C23H22N4O3. The van der Waals surface area contributed by atoms with Gasteiger partial charge in [0, 0.05) is 50.2 Å². The number of nitrogens with one attached hydrogen (secondary N) is 1. The molecule has 30 heavy (non-hydrogen) atoms. The van der Waals surface area contributed by atoms with E-state index in [1.165, 1.54) is 0 Å². The van der Waals surface area contributed by atoms with Crippen molar-refractivity contribution in [3.05, 3.63) is 83.9 Å². The molecule has 3 aromatic rings. The van der Waals surface area contributed by atoms with E-state index in [2.05, 4.69) is 10.3 Å². The third-order valence-electron chi connectivity index (χ3n) is 5.24. The second kappa shape index (κ2) is 8.32. The van der Waals surface area contributed by atoms with Gasteiger partial charge in [0.2, 0.25) is 17.6 Å². The molecule has 7 nitrogen and oxygen atoms in total. The number of carbonyl (C=O) groups excluding carboxylic acids is 3. The van der Waals surface area contributed by atoms with Crippen molar-refractivity contribution < 1.29 is 14.4 Å². The third kappa shape index (κ3) is 4.15. The SMILES string of the molecule is Cn1ccnc1C(=O)c1ccc(NC(=O)[C@H]2CC(=O)N(Cc3ccccc3)C2)cc1. The van der Waals surface area contributed by atoms with Gasteiger partial charge < -0.3 is 14.8 Å².